The van der Waals surface area contributed by atoms with Crippen LogP contribution < -0.4 is 9.47 Å². The second kappa shape index (κ2) is 6.96. The van der Waals surface area contributed by atoms with Crippen molar-refractivity contribution in [1.29, 1.82) is 0 Å². The summed E-state index contributed by atoms with van der Waals surface area (Å²) in [4.78, 5) is 0. The number of hydrogen-bond acceptors (Lipinski definition) is 3. The lowest BCUT2D eigenvalue weighted by Crippen LogP contribution is -2.10. The van der Waals surface area contributed by atoms with Gasteiger partial charge in [0.25, 0.3) is 0 Å². The highest BCUT2D eigenvalue weighted by Crippen LogP contribution is 2.35. The standard InChI is InChI=1S/C17H19BrO3/c1-11(2)21-16-7-5-4-6-13(16)17(19)14-10-12(20-3)8-9-15(14)18/h4-11,17,19H,1-3H3. The monoisotopic (exact) mass is 350 g/mol. The summed E-state index contributed by atoms with van der Waals surface area (Å²) in [6.45, 7) is 3.93. The molecule has 0 fully saturated rings. The zero-order chi connectivity index (χ0) is 15.4. The summed E-state index contributed by atoms with van der Waals surface area (Å²) in [7, 11) is 1.61. The third-order valence-electron chi connectivity index (χ3n) is 3.07. The number of methoxy groups -OCH3 is 1. The van der Waals surface area contributed by atoms with E-state index >= 15 is 0 Å². The topological polar surface area (TPSA) is 38.7 Å². The molecule has 2 rings (SSSR count). The summed E-state index contributed by atoms with van der Waals surface area (Å²) >= 11 is 3.48. The van der Waals surface area contributed by atoms with Crippen LogP contribution in [0.15, 0.2) is 46.9 Å². The minimum atomic E-state index is -0.788. The maximum Gasteiger partial charge on any atom is 0.125 e. The van der Waals surface area contributed by atoms with Gasteiger partial charge in [-0.2, -0.15) is 0 Å². The number of aliphatic hydroxyl groups is 1. The van der Waals surface area contributed by atoms with Crippen LogP contribution in [0.3, 0.4) is 0 Å². The van der Waals surface area contributed by atoms with Crippen molar-refractivity contribution in [2.75, 3.05) is 7.11 Å². The maximum atomic E-state index is 10.7. The minimum Gasteiger partial charge on any atom is -0.497 e. The molecule has 0 radical (unpaired) electrons. The Labute approximate surface area is 133 Å². The Hall–Kier alpha value is -1.52. The van der Waals surface area contributed by atoms with Gasteiger partial charge in [0.15, 0.2) is 0 Å². The third-order valence-corrected chi connectivity index (χ3v) is 3.80. The first-order valence-corrected chi connectivity index (χ1v) is 7.59. The van der Waals surface area contributed by atoms with Crippen molar-refractivity contribution >= 4 is 15.9 Å². The van der Waals surface area contributed by atoms with Crippen LogP contribution in [0.5, 0.6) is 11.5 Å². The van der Waals surface area contributed by atoms with Crippen LogP contribution in [0.1, 0.15) is 31.1 Å². The van der Waals surface area contributed by atoms with Crippen LogP contribution in [0.4, 0.5) is 0 Å². The molecule has 0 aliphatic carbocycles. The summed E-state index contributed by atoms with van der Waals surface area (Å²) in [5, 5.41) is 10.7. The molecule has 0 saturated carbocycles. The van der Waals surface area contributed by atoms with Crippen molar-refractivity contribution in [1.82, 2.24) is 0 Å². The number of halogens is 1. The van der Waals surface area contributed by atoms with Crippen molar-refractivity contribution in [2.45, 2.75) is 26.1 Å². The van der Waals surface area contributed by atoms with E-state index in [0.717, 1.165) is 15.6 Å². The smallest absolute Gasteiger partial charge is 0.125 e. The van der Waals surface area contributed by atoms with Gasteiger partial charge in [-0.05, 0) is 38.1 Å². The molecule has 0 spiro atoms. The highest BCUT2D eigenvalue weighted by Gasteiger charge is 2.19. The van der Waals surface area contributed by atoms with Crippen LogP contribution in [-0.2, 0) is 0 Å². The fraction of sp³-hybridized carbons (Fsp3) is 0.294. The Kier molecular flexibility index (Phi) is 5.26. The van der Waals surface area contributed by atoms with Gasteiger partial charge in [0.2, 0.25) is 0 Å². The number of benzene rings is 2. The predicted molar refractivity (Wildman–Crippen MR) is 87.0 cm³/mol. The lowest BCUT2D eigenvalue weighted by atomic mass is 10.0. The second-order valence-electron chi connectivity index (χ2n) is 4.99. The van der Waals surface area contributed by atoms with E-state index in [9.17, 15) is 5.11 Å². The van der Waals surface area contributed by atoms with E-state index in [0.29, 0.717) is 11.5 Å². The van der Waals surface area contributed by atoms with Gasteiger partial charge in [-0.3, -0.25) is 0 Å². The van der Waals surface area contributed by atoms with Gasteiger partial charge in [-0.25, -0.2) is 0 Å². The molecule has 0 bridgehead atoms. The lowest BCUT2D eigenvalue weighted by molar-refractivity contribution is 0.197. The molecule has 1 N–H and O–H groups in total. The van der Waals surface area contributed by atoms with E-state index in [1.807, 2.05) is 56.3 Å². The van der Waals surface area contributed by atoms with E-state index in [1.165, 1.54) is 0 Å². The highest BCUT2D eigenvalue weighted by atomic mass is 79.9. The number of hydrogen-bond donors (Lipinski definition) is 1. The van der Waals surface area contributed by atoms with Crippen molar-refractivity contribution < 1.29 is 14.6 Å². The summed E-state index contributed by atoms with van der Waals surface area (Å²) in [5.74, 6) is 1.39. The van der Waals surface area contributed by atoms with Gasteiger partial charge in [0.05, 0.1) is 13.2 Å². The largest absolute Gasteiger partial charge is 0.497 e. The van der Waals surface area contributed by atoms with Crippen molar-refractivity contribution in [3.63, 3.8) is 0 Å². The van der Waals surface area contributed by atoms with E-state index in [1.54, 1.807) is 7.11 Å². The molecule has 0 aliphatic heterocycles. The Morgan fingerprint density at radius 2 is 1.76 bits per heavy atom. The molecule has 1 unspecified atom stereocenters. The fourth-order valence-electron chi connectivity index (χ4n) is 2.09. The van der Waals surface area contributed by atoms with Gasteiger partial charge in [-0.15, -0.1) is 0 Å². The number of para-hydroxylation sites is 1. The van der Waals surface area contributed by atoms with E-state index in [-0.39, 0.29) is 6.10 Å². The molecule has 0 aliphatic rings. The SMILES string of the molecule is COc1ccc(Br)c(C(O)c2ccccc2OC(C)C)c1. The van der Waals surface area contributed by atoms with E-state index in [4.69, 9.17) is 9.47 Å². The summed E-state index contributed by atoms with van der Waals surface area (Å²) < 4.78 is 11.8. The first-order chi connectivity index (χ1) is 10.0. The summed E-state index contributed by atoms with van der Waals surface area (Å²) in [5.41, 5.74) is 1.48. The quantitative estimate of drug-likeness (QED) is 0.872. The summed E-state index contributed by atoms with van der Waals surface area (Å²) in [6.07, 6.45) is -0.739. The van der Waals surface area contributed by atoms with Crippen LogP contribution in [-0.4, -0.2) is 18.3 Å². The fourth-order valence-corrected chi connectivity index (χ4v) is 2.56. The van der Waals surface area contributed by atoms with Crippen LogP contribution >= 0.6 is 15.9 Å². The highest BCUT2D eigenvalue weighted by molar-refractivity contribution is 9.10. The molecule has 0 aromatic heterocycles. The average molecular weight is 351 g/mol. The maximum absolute atomic E-state index is 10.7. The third kappa shape index (κ3) is 3.77. The Morgan fingerprint density at radius 1 is 1.05 bits per heavy atom. The Bertz CT molecular complexity index is 611. The molecule has 21 heavy (non-hydrogen) atoms. The minimum absolute atomic E-state index is 0.0482. The summed E-state index contributed by atoms with van der Waals surface area (Å²) in [6, 6.07) is 13.1. The molecule has 0 amide bonds. The van der Waals surface area contributed by atoms with E-state index in [2.05, 4.69) is 15.9 Å². The first kappa shape index (κ1) is 15.9. The Morgan fingerprint density at radius 3 is 2.43 bits per heavy atom. The number of ether oxygens (including phenoxy) is 2. The van der Waals surface area contributed by atoms with Crippen LogP contribution in [0.25, 0.3) is 0 Å². The number of rotatable bonds is 5. The first-order valence-electron chi connectivity index (χ1n) is 6.80. The van der Waals surface area contributed by atoms with Gasteiger partial charge >= 0.3 is 0 Å². The molecule has 3 nitrogen and oxygen atoms in total. The Balaban J connectivity index is 2.42. The van der Waals surface area contributed by atoms with Crippen molar-refractivity contribution in [2.24, 2.45) is 0 Å². The van der Waals surface area contributed by atoms with Crippen LogP contribution in [0.2, 0.25) is 0 Å². The molecular weight excluding hydrogens is 332 g/mol. The average Bonchev–Trinajstić information content (AvgIpc) is 2.47. The van der Waals surface area contributed by atoms with Crippen LogP contribution in [0, 0.1) is 0 Å². The number of aliphatic hydroxyl groups excluding tert-OH is 1. The molecule has 0 saturated heterocycles. The zero-order valence-corrected chi connectivity index (χ0v) is 13.9. The molecule has 2 aromatic carbocycles. The van der Waals surface area contributed by atoms with Gasteiger partial charge in [0, 0.05) is 15.6 Å². The normalized spacial score (nSPS) is 12.3. The molecule has 112 valence electrons. The molecule has 1 atom stereocenters. The lowest BCUT2D eigenvalue weighted by Gasteiger charge is -2.19. The molecule has 0 heterocycles. The predicted octanol–water partition coefficient (Wildman–Crippen LogP) is 4.33. The van der Waals surface area contributed by atoms with Crippen molar-refractivity contribution in [3.05, 3.63) is 58.1 Å². The second-order valence-corrected chi connectivity index (χ2v) is 5.85. The van der Waals surface area contributed by atoms with Gasteiger partial charge < -0.3 is 14.6 Å². The molecule has 2 aromatic rings. The molecular formula is C17H19BrO3. The van der Waals surface area contributed by atoms with Gasteiger partial charge in [0.1, 0.15) is 17.6 Å². The molecule has 4 heteroatoms. The zero-order valence-electron chi connectivity index (χ0n) is 12.3. The van der Waals surface area contributed by atoms with Gasteiger partial charge in [-0.1, -0.05) is 34.1 Å². The van der Waals surface area contributed by atoms with E-state index < -0.39 is 6.10 Å². The van der Waals surface area contributed by atoms with Crippen molar-refractivity contribution in [3.8, 4) is 11.5 Å².